The fraction of sp³-hybridized carbons (Fsp3) is 0.300. The number of nitrogens with one attached hydrogen (secondary N) is 2. The van der Waals surface area contributed by atoms with Gasteiger partial charge in [0.1, 0.15) is 12.8 Å². The Hall–Kier alpha value is -2.78. The largest absolute Gasteiger partial charge is 0.731 e. The predicted molar refractivity (Wildman–Crippen MR) is 81.6 cm³/mol. The second-order valence-corrected chi connectivity index (χ2v) is 6.77. The molecule has 15 heteroatoms. The molecule has 1 unspecified atom stereocenters. The maximum Gasteiger partial charge on any atom is 0.283 e. The van der Waals surface area contributed by atoms with Crippen LogP contribution in [0.15, 0.2) is 10.5 Å². The van der Waals surface area contributed by atoms with Gasteiger partial charge < -0.3 is 25.8 Å². The minimum atomic E-state index is -5.08. The number of rotatable bonds is 7. The van der Waals surface area contributed by atoms with E-state index in [1.807, 2.05) is 5.32 Å². The molecule has 1 aliphatic heterocycles. The van der Waals surface area contributed by atoms with E-state index in [1.165, 1.54) is 5.38 Å². The summed E-state index contributed by atoms with van der Waals surface area (Å²) < 4.78 is 32.7. The van der Waals surface area contributed by atoms with E-state index in [9.17, 15) is 27.4 Å². The lowest BCUT2D eigenvalue weighted by molar-refractivity contribution is -0.151. The molecule has 1 aromatic heterocycles. The molecule has 2 heterocycles. The number of nitrogen functional groups attached to an aromatic ring is 1. The number of aromatic nitrogens is 1. The third-order valence-electron chi connectivity index (χ3n) is 3.04. The first-order valence-corrected chi connectivity index (χ1v) is 8.53. The highest BCUT2D eigenvalue weighted by Gasteiger charge is 2.56. The van der Waals surface area contributed by atoms with Gasteiger partial charge in [-0.15, -0.1) is 11.3 Å². The Labute approximate surface area is 144 Å². The van der Waals surface area contributed by atoms with Crippen molar-refractivity contribution in [1.82, 2.24) is 19.9 Å². The second-order valence-electron chi connectivity index (χ2n) is 4.58. The van der Waals surface area contributed by atoms with Gasteiger partial charge in [0.15, 0.2) is 21.1 Å². The highest BCUT2D eigenvalue weighted by Crippen LogP contribution is 2.23. The molecule has 0 aliphatic carbocycles. The molecule has 3 amide bonds. The smallest absolute Gasteiger partial charge is 0.283 e. The molecule has 0 aromatic carbocycles. The maximum atomic E-state index is 12.4. The van der Waals surface area contributed by atoms with E-state index < -0.39 is 34.3 Å². The van der Waals surface area contributed by atoms with Crippen LogP contribution in [0.1, 0.15) is 5.69 Å². The summed E-state index contributed by atoms with van der Waals surface area (Å²) in [5.74, 6) is -2.34. The molecule has 1 atom stereocenters. The number of hydrogen-bond donors (Lipinski definition) is 3. The number of carbonyl (C=O) groups is 3. The molecule has 13 nitrogen and oxygen atoms in total. The summed E-state index contributed by atoms with van der Waals surface area (Å²) in [7, 11) is -3.92. The van der Waals surface area contributed by atoms with Gasteiger partial charge in [-0.05, 0) is 0 Å². The molecule has 1 saturated heterocycles. The summed E-state index contributed by atoms with van der Waals surface area (Å²) in [4.78, 5) is 43.5. The van der Waals surface area contributed by atoms with Crippen LogP contribution in [-0.2, 0) is 29.5 Å². The van der Waals surface area contributed by atoms with Gasteiger partial charge >= 0.3 is 0 Å². The van der Waals surface area contributed by atoms with Gasteiger partial charge in [-0.1, -0.05) is 5.16 Å². The van der Waals surface area contributed by atoms with Gasteiger partial charge in [0, 0.05) is 5.38 Å². The van der Waals surface area contributed by atoms with Gasteiger partial charge in [0.05, 0.1) is 6.54 Å². The highest BCUT2D eigenvalue weighted by atomic mass is 32.2. The minimum Gasteiger partial charge on any atom is -0.731 e. The van der Waals surface area contributed by atoms with E-state index in [1.54, 1.807) is 0 Å². The van der Waals surface area contributed by atoms with E-state index in [4.69, 9.17) is 5.73 Å². The van der Waals surface area contributed by atoms with Crippen LogP contribution in [-0.4, -0.2) is 65.5 Å². The van der Waals surface area contributed by atoms with Crippen LogP contribution in [0, 0.1) is 0 Å². The van der Waals surface area contributed by atoms with E-state index in [0.29, 0.717) is 0 Å². The monoisotopic (exact) mass is 391 g/mol. The Morgan fingerprint density at radius 2 is 2.32 bits per heavy atom. The molecule has 25 heavy (non-hydrogen) atoms. The SMILES string of the molecule is CO/N=C(\C(=O)NC1(NC=O)CN(S(=O)(=O)[O-])C1=O)c1csc(N)n1. The molecule has 136 valence electrons. The zero-order valence-electron chi connectivity index (χ0n) is 12.5. The molecule has 1 aliphatic rings. The highest BCUT2D eigenvalue weighted by molar-refractivity contribution is 7.84. The zero-order valence-corrected chi connectivity index (χ0v) is 14.1. The number of anilines is 1. The number of β-lactam (4-membered cyclic amide) rings is 1. The van der Waals surface area contributed by atoms with Crippen molar-refractivity contribution in [1.29, 1.82) is 0 Å². The quantitative estimate of drug-likeness (QED) is 0.108. The molecule has 0 radical (unpaired) electrons. The van der Waals surface area contributed by atoms with Crippen LogP contribution in [0.3, 0.4) is 0 Å². The van der Waals surface area contributed by atoms with Crippen molar-refractivity contribution in [3.63, 3.8) is 0 Å². The van der Waals surface area contributed by atoms with Crippen LogP contribution in [0.2, 0.25) is 0 Å². The number of carbonyl (C=O) groups excluding carboxylic acids is 3. The van der Waals surface area contributed by atoms with Crippen LogP contribution >= 0.6 is 11.3 Å². The molecule has 0 bridgehead atoms. The Kier molecular flexibility index (Phi) is 4.91. The topological polar surface area (TPSA) is 196 Å². The molecule has 0 saturated carbocycles. The third-order valence-corrected chi connectivity index (χ3v) is 4.55. The molecule has 4 N–H and O–H groups in total. The van der Waals surface area contributed by atoms with Crippen molar-refractivity contribution < 1.29 is 32.2 Å². The van der Waals surface area contributed by atoms with Crippen LogP contribution < -0.4 is 16.4 Å². The number of thiazole rings is 1. The number of nitrogens with zero attached hydrogens (tertiary/aromatic N) is 3. The van der Waals surface area contributed by atoms with Gasteiger partial charge in [-0.25, -0.2) is 17.7 Å². The summed E-state index contributed by atoms with van der Waals surface area (Å²) in [5, 5.41) is 9.10. The van der Waals surface area contributed by atoms with E-state index in [-0.39, 0.29) is 27.3 Å². The van der Waals surface area contributed by atoms with E-state index in [2.05, 4.69) is 20.3 Å². The van der Waals surface area contributed by atoms with Crippen molar-refractivity contribution in [2.45, 2.75) is 5.66 Å². The zero-order chi connectivity index (χ0) is 18.8. The van der Waals surface area contributed by atoms with Crippen molar-refractivity contribution >= 4 is 50.7 Å². The number of nitrogens with two attached hydrogens (primary N) is 1. The molecular weight excluding hydrogens is 380 g/mol. The predicted octanol–water partition coefficient (Wildman–Crippen LogP) is -3.06. The molecule has 1 fully saturated rings. The van der Waals surface area contributed by atoms with Gasteiger partial charge in [-0.3, -0.25) is 14.4 Å². The first kappa shape index (κ1) is 18.6. The van der Waals surface area contributed by atoms with Crippen LogP contribution in [0.25, 0.3) is 0 Å². The Morgan fingerprint density at radius 1 is 1.64 bits per heavy atom. The summed E-state index contributed by atoms with van der Waals surface area (Å²) in [5.41, 5.74) is 3.02. The van der Waals surface area contributed by atoms with Crippen molar-refractivity contribution in [3.05, 3.63) is 11.1 Å². The summed E-state index contributed by atoms with van der Waals surface area (Å²) >= 11 is 1.01. The molecule has 2 rings (SSSR count). The van der Waals surface area contributed by atoms with E-state index >= 15 is 0 Å². The lowest BCUT2D eigenvalue weighted by Gasteiger charge is -2.48. The summed E-state index contributed by atoms with van der Waals surface area (Å²) in [6, 6.07) is 0. The van der Waals surface area contributed by atoms with Crippen molar-refractivity contribution in [3.8, 4) is 0 Å². The number of amides is 3. The summed E-state index contributed by atoms with van der Waals surface area (Å²) in [6.07, 6.45) is 0.0703. The van der Waals surface area contributed by atoms with Crippen molar-refractivity contribution in [2.75, 3.05) is 19.4 Å². The number of oxime groups is 1. The standard InChI is InChI=1S/C10H12N6O7S2/c1-23-15-6(5-2-24-9(11)13-5)7(18)14-10(12-4-17)3-16(8(10)19)25(20,21)22/h2,4H,3H2,1H3,(H2,11,13)(H,12,17)(H,14,18)(H,20,21,22)/p-1/b15-6-. The first-order valence-electron chi connectivity index (χ1n) is 6.29. The fourth-order valence-corrected chi connectivity index (χ4v) is 3.20. The minimum absolute atomic E-state index is 0.0307. The average Bonchev–Trinajstić information content (AvgIpc) is 2.94. The molecular formula is C10H11N6O7S2-. The van der Waals surface area contributed by atoms with E-state index in [0.717, 1.165) is 18.4 Å². The number of hydrogen-bond acceptors (Lipinski definition) is 11. The Bertz CT molecular complexity index is 850. The Morgan fingerprint density at radius 3 is 2.76 bits per heavy atom. The lowest BCUT2D eigenvalue weighted by Crippen LogP contribution is -2.81. The molecule has 0 spiro atoms. The van der Waals surface area contributed by atoms with Gasteiger partial charge in [0.2, 0.25) is 12.1 Å². The maximum absolute atomic E-state index is 12.4. The van der Waals surface area contributed by atoms with Crippen LogP contribution in [0.4, 0.5) is 5.13 Å². The Balaban J connectivity index is 2.28. The molecule has 1 aromatic rings. The third kappa shape index (κ3) is 3.52. The lowest BCUT2D eigenvalue weighted by atomic mass is 10.0. The fourth-order valence-electron chi connectivity index (χ4n) is 1.94. The van der Waals surface area contributed by atoms with Gasteiger partial charge in [0.25, 0.3) is 11.8 Å². The second kappa shape index (κ2) is 6.61. The first-order chi connectivity index (χ1) is 11.6. The van der Waals surface area contributed by atoms with Gasteiger partial charge in [-0.2, -0.15) is 0 Å². The summed E-state index contributed by atoms with van der Waals surface area (Å²) in [6.45, 7) is -0.776. The van der Waals surface area contributed by atoms with Crippen molar-refractivity contribution in [2.24, 2.45) is 5.16 Å². The average molecular weight is 391 g/mol. The normalized spacial score (nSPS) is 20.6. The van der Waals surface area contributed by atoms with Crippen LogP contribution in [0.5, 0.6) is 0 Å².